The number of carbonyl (C=O) groups excluding carboxylic acids is 2. The zero-order valence-corrected chi connectivity index (χ0v) is 14.8. The number of amides is 2. The molecule has 3 N–H and O–H groups in total. The monoisotopic (exact) mass is 366 g/mol. The average molecular weight is 366 g/mol. The van der Waals surface area contributed by atoms with Crippen molar-refractivity contribution in [3.05, 3.63) is 71.3 Å². The van der Waals surface area contributed by atoms with Crippen LogP contribution in [0.4, 0.5) is 0 Å². The first-order chi connectivity index (χ1) is 13.0. The summed E-state index contributed by atoms with van der Waals surface area (Å²) in [5, 5.41) is 23.4. The van der Waals surface area contributed by atoms with Gasteiger partial charge in [0.2, 0.25) is 0 Å². The van der Waals surface area contributed by atoms with E-state index >= 15 is 0 Å². The highest BCUT2D eigenvalue weighted by atomic mass is 16.3. The summed E-state index contributed by atoms with van der Waals surface area (Å²) in [6.45, 7) is 0.739. The Morgan fingerprint density at radius 1 is 0.889 bits per heavy atom. The summed E-state index contributed by atoms with van der Waals surface area (Å²) in [7, 11) is 0. The molecule has 1 saturated carbocycles. The zero-order valence-electron chi connectivity index (χ0n) is 14.8. The molecule has 1 fully saturated rings. The standard InChI is InChI=1S/C21H22N2O4/c24-17(19(26)22-21(10-11-21)16-8-2-1-3-9-16)18(25)20(27)23-12-14-6-4-5-7-15(14)13-23/h1-9,17-18,24-25H,10-13H2,(H,22,26)/t17?,18-/m1/s1. The van der Waals surface area contributed by atoms with E-state index in [-0.39, 0.29) is 0 Å². The summed E-state index contributed by atoms with van der Waals surface area (Å²) in [6, 6.07) is 17.2. The molecule has 2 aromatic rings. The van der Waals surface area contributed by atoms with Crippen LogP contribution in [-0.4, -0.2) is 39.1 Å². The van der Waals surface area contributed by atoms with Gasteiger partial charge in [0, 0.05) is 13.1 Å². The van der Waals surface area contributed by atoms with Crippen LogP contribution in [0.3, 0.4) is 0 Å². The molecule has 1 aliphatic heterocycles. The molecule has 1 unspecified atom stereocenters. The first-order valence-corrected chi connectivity index (χ1v) is 9.09. The molecule has 2 aliphatic rings. The fourth-order valence-corrected chi connectivity index (χ4v) is 3.63. The van der Waals surface area contributed by atoms with Crippen LogP contribution >= 0.6 is 0 Å². The van der Waals surface area contributed by atoms with E-state index in [1.807, 2.05) is 54.6 Å². The minimum Gasteiger partial charge on any atom is -0.380 e. The number of carbonyl (C=O) groups is 2. The Hall–Kier alpha value is -2.70. The van der Waals surface area contributed by atoms with Crippen LogP contribution in [0.25, 0.3) is 0 Å². The molecule has 140 valence electrons. The lowest BCUT2D eigenvalue weighted by molar-refractivity contribution is -0.154. The molecule has 0 saturated heterocycles. The van der Waals surface area contributed by atoms with Crippen LogP contribution in [0.5, 0.6) is 0 Å². The number of rotatable bonds is 5. The maximum absolute atomic E-state index is 12.5. The number of fused-ring (bicyclic) bond motifs is 1. The Balaban J connectivity index is 1.40. The Kier molecular flexibility index (Phi) is 4.45. The van der Waals surface area contributed by atoms with E-state index in [0.717, 1.165) is 29.5 Å². The molecular formula is C21H22N2O4. The average Bonchev–Trinajstić information content (AvgIpc) is 3.35. The van der Waals surface area contributed by atoms with Crippen molar-refractivity contribution in [2.24, 2.45) is 0 Å². The summed E-state index contributed by atoms with van der Waals surface area (Å²) < 4.78 is 0. The number of aliphatic hydroxyl groups is 2. The Labute approximate surface area is 157 Å². The molecule has 2 atom stereocenters. The third kappa shape index (κ3) is 3.34. The first kappa shape index (κ1) is 17.7. The molecule has 0 aromatic heterocycles. The van der Waals surface area contributed by atoms with Crippen molar-refractivity contribution in [2.45, 2.75) is 43.7 Å². The highest BCUT2D eigenvalue weighted by Crippen LogP contribution is 2.45. The van der Waals surface area contributed by atoms with E-state index in [0.29, 0.717) is 13.1 Å². The molecule has 1 aliphatic carbocycles. The second-order valence-corrected chi connectivity index (χ2v) is 7.29. The predicted molar refractivity (Wildman–Crippen MR) is 98.2 cm³/mol. The van der Waals surface area contributed by atoms with E-state index < -0.39 is 29.6 Å². The summed E-state index contributed by atoms with van der Waals surface area (Å²) >= 11 is 0. The summed E-state index contributed by atoms with van der Waals surface area (Å²) in [4.78, 5) is 26.5. The van der Waals surface area contributed by atoms with Gasteiger partial charge in [0.15, 0.2) is 12.2 Å². The Morgan fingerprint density at radius 2 is 1.44 bits per heavy atom. The van der Waals surface area contributed by atoms with Gasteiger partial charge in [-0.25, -0.2) is 0 Å². The normalized spacial score (nSPS) is 19.1. The van der Waals surface area contributed by atoms with Gasteiger partial charge in [0.25, 0.3) is 11.8 Å². The quantitative estimate of drug-likeness (QED) is 0.738. The molecule has 27 heavy (non-hydrogen) atoms. The topological polar surface area (TPSA) is 89.9 Å². The molecule has 6 nitrogen and oxygen atoms in total. The summed E-state index contributed by atoms with van der Waals surface area (Å²) in [5.74, 6) is -1.37. The van der Waals surface area contributed by atoms with Crippen molar-refractivity contribution < 1.29 is 19.8 Å². The van der Waals surface area contributed by atoms with Gasteiger partial charge < -0.3 is 20.4 Å². The van der Waals surface area contributed by atoms with Gasteiger partial charge in [-0.2, -0.15) is 0 Å². The van der Waals surface area contributed by atoms with E-state index in [2.05, 4.69) is 5.32 Å². The minimum atomic E-state index is -1.80. The van der Waals surface area contributed by atoms with Crippen molar-refractivity contribution in [3.63, 3.8) is 0 Å². The lowest BCUT2D eigenvalue weighted by Gasteiger charge is -2.25. The van der Waals surface area contributed by atoms with Crippen LogP contribution in [0.2, 0.25) is 0 Å². The van der Waals surface area contributed by atoms with Crippen LogP contribution in [0, 0.1) is 0 Å². The van der Waals surface area contributed by atoms with Crippen LogP contribution in [0.15, 0.2) is 54.6 Å². The number of nitrogens with zero attached hydrogens (tertiary/aromatic N) is 1. The van der Waals surface area contributed by atoms with Gasteiger partial charge in [-0.1, -0.05) is 54.6 Å². The molecule has 0 bridgehead atoms. The van der Waals surface area contributed by atoms with E-state index in [9.17, 15) is 19.8 Å². The van der Waals surface area contributed by atoms with Crippen molar-refractivity contribution in [2.75, 3.05) is 0 Å². The highest BCUT2D eigenvalue weighted by molar-refractivity contribution is 5.91. The van der Waals surface area contributed by atoms with Crippen molar-refractivity contribution in [1.29, 1.82) is 0 Å². The molecule has 6 heteroatoms. The van der Waals surface area contributed by atoms with Gasteiger partial charge in [0.05, 0.1) is 5.54 Å². The van der Waals surface area contributed by atoms with Gasteiger partial charge in [0.1, 0.15) is 0 Å². The predicted octanol–water partition coefficient (Wildman–Crippen LogP) is 1.06. The summed E-state index contributed by atoms with van der Waals surface area (Å²) in [5.41, 5.74) is 2.48. The van der Waals surface area contributed by atoms with E-state index in [1.54, 1.807) is 0 Å². The van der Waals surface area contributed by atoms with Gasteiger partial charge in [-0.05, 0) is 29.5 Å². The molecule has 4 rings (SSSR count). The Bertz CT molecular complexity index is 838. The zero-order chi connectivity index (χ0) is 19.0. The largest absolute Gasteiger partial charge is 0.380 e. The van der Waals surface area contributed by atoms with Crippen molar-refractivity contribution in [3.8, 4) is 0 Å². The number of benzene rings is 2. The first-order valence-electron chi connectivity index (χ1n) is 9.09. The molecular weight excluding hydrogens is 344 g/mol. The number of nitrogens with one attached hydrogen (secondary N) is 1. The fraction of sp³-hybridized carbons (Fsp3) is 0.333. The summed E-state index contributed by atoms with van der Waals surface area (Å²) in [6.07, 6.45) is -2.06. The lowest BCUT2D eigenvalue weighted by Crippen LogP contribution is -2.51. The van der Waals surface area contributed by atoms with Gasteiger partial charge in [-0.3, -0.25) is 9.59 Å². The van der Waals surface area contributed by atoms with Crippen LogP contribution in [0.1, 0.15) is 29.5 Å². The van der Waals surface area contributed by atoms with Crippen molar-refractivity contribution in [1.82, 2.24) is 10.2 Å². The second-order valence-electron chi connectivity index (χ2n) is 7.29. The smallest absolute Gasteiger partial charge is 0.255 e. The molecule has 1 heterocycles. The maximum Gasteiger partial charge on any atom is 0.255 e. The van der Waals surface area contributed by atoms with Gasteiger partial charge in [-0.15, -0.1) is 0 Å². The molecule has 2 aromatic carbocycles. The van der Waals surface area contributed by atoms with Crippen molar-refractivity contribution >= 4 is 11.8 Å². The number of hydrogen-bond acceptors (Lipinski definition) is 4. The second kappa shape index (κ2) is 6.79. The third-order valence-corrected chi connectivity index (χ3v) is 5.41. The van der Waals surface area contributed by atoms with E-state index in [4.69, 9.17) is 0 Å². The SMILES string of the molecule is O=C(NC1(c2ccccc2)CC1)C(O)[C@@H](O)C(=O)N1Cc2ccccc2C1. The number of aliphatic hydroxyl groups excluding tert-OH is 2. The minimum absolute atomic E-state index is 0.369. The molecule has 2 amide bonds. The maximum atomic E-state index is 12.5. The molecule has 0 radical (unpaired) electrons. The Morgan fingerprint density at radius 3 is 2.00 bits per heavy atom. The van der Waals surface area contributed by atoms with Gasteiger partial charge >= 0.3 is 0 Å². The molecule has 0 spiro atoms. The third-order valence-electron chi connectivity index (χ3n) is 5.41. The van der Waals surface area contributed by atoms with Crippen LogP contribution < -0.4 is 5.32 Å². The fourth-order valence-electron chi connectivity index (χ4n) is 3.63. The highest BCUT2D eigenvalue weighted by Gasteiger charge is 2.47. The van der Waals surface area contributed by atoms with Crippen LogP contribution in [-0.2, 0) is 28.2 Å². The lowest BCUT2D eigenvalue weighted by atomic mass is 10.0. The number of hydrogen-bond donors (Lipinski definition) is 3. The van der Waals surface area contributed by atoms with E-state index in [1.165, 1.54) is 4.90 Å².